The average Bonchev–Trinajstić information content (AvgIpc) is 2.96. The highest BCUT2D eigenvalue weighted by atomic mass is 16.4. The molecule has 0 saturated heterocycles. The number of aromatic nitrogens is 1. The van der Waals surface area contributed by atoms with Crippen molar-refractivity contribution in [2.75, 3.05) is 0 Å². The van der Waals surface area contributed by atoms with Gasteiger partial charge >= 0.3 is 5.97 Å². The van der Waals surface area contributed by atoms with Crippen LogP contribution in [0.4, 0.5) is 0 Å². The van der Waals surface area contributed by atoms with Crippen molar-refractivity contribution in [3.05, 3.63) is 22.5 Å². The molecule has 2 N–H and O–H groups in total. The number of carbonyl (C=O) groups is 1. The Morgan fingerprint density at radius 2 is 1.11 bits per heavy atom. The van der Waals surface area contributed by atoms with E-state index in [1.165, 1.54) is 102 Å². The molecule has 1 aromatic rings. The van der Waals surface area contributed by atoms with Gasteiger partial charge in [-0.3, -0.25) is 0 Å². The first-order chi connectivity index (χ1) is 13.6. The molecule has 1 rings (SSSR count). The van der Waals surface area contributed by atoms with Crippen molar-refractivity contribution in [3.63, 3.8) is 0 Å². The molecular formula is C25H45NO2. The van der Waals surface area contributed by atoms with E-state index in [2.05, 4.69) is 11.9 Å². The molecule has 28 heavy (non-hydrogen) atoms. The molecule has 0 unspecified atom stereocenters. The summed E-state index contributed by atoms with van der Waals surface area (Å²) in [5.41, 5.74) is 3.52. The maximum atomic E-state index is 11.2. The minimum atomic E-state index is -0.848. The minimum absolute atomic E-state index is 0.365. The molecule has 0 aliphatic heterocycles. The summed E-state index contributed by atoms with van der Waals surface area (Å²) in [7, 11) is 0. The molecule has 0 amide bonds. The Kier molecular flexibility index (Phi) is 13.9. The lowest BCUT2D eigenvalue weighted by atomic mass is 10.0. The van der Waals surface area contributed by atoms with Crippen molar-refractivity contribution >= 4 is 5.97 Å². The number of aromatic carboxylic acids is 1. The highest BCUT2D eigenvalue weighted by molar-refractivity contribution is 5.88. The molecule has 3 nitrogen and oxygen atoms in total. The van der Waals surface area contributed by atoms with Crippen LogP contribution in [0.25, 0.3) is 0 Å². The number of nitrogens with one attached hydrogen (secondary N) is 1. The van der Waals surface area contributed by atoms with Crippen LogP contribution in [0.3, 0.4) is 0 Å². The van der Waals surface area contributed by atoms with E-state index in [0.717, 1.165) is 24.1 Å². The summed E-state index contributed by atoms with van der Waals surface area (Å²) in [6, 6.07) is 0. The van der Waals surface area contributed by atoms with E-state index >= 15 is 0 Å². The Hall–Kier alpha value is -1.25. The van der Waals surface area contributed by atoms with Crippen molar-refractivity contribution in [1.29, 1.82) is 0 Å². The first kappa shape index (κ1) is 24.8. The molecular weight excluding hydrogens is 346 g/mol. The second-order valence-electron chi connectivity index (χ2n) is 8.59. The van der Waals surface area contributed by atoms with Crippen LogP contribution in [0.5, 0.6) is 0 Å². The van der Waals surface area contributed by atoms with E-state index in [9.17, 15) is 9.90 Å². The van der Waals surface area contributed by atoms with Gasteiger partial charge in [-0.2, -0.15) is 0 Å². The predicted molar refractivity (Wildman–Crippen MR) is 120 cm³/mol. The zero-order valence-corrected chi connectivity index (χ0v) is 18.9. The fourth-order valence-corrected chi connectivity index (χ4v) is 4.23. The van der Waals surface area contributed by atoms with Gasteiger partial charge in [-0.1, -0.05) is 103 Å². The van der Waals surface area contributed by atoms with E-state index in [1.807, 2.05) is 13.8 Å². The van der Waals surface area contributed by atoms with Gasteiger partial charge in [0.1, 0.15) is 5.69 Å². The maximum Gasteiger partial charge on any atom is 0.352 e. The van der Waals surface area contributed by atoms with E-state index in [0.29, 0.717) is 5.69 Å². The van der Waals surface area contributed by atoms with Crippen molar-refractivity contribution in [3.8, 4) is 0 Å². The van der Waals surface area contributed by atoms with Gasteiger partial charge in [0, 0.05) is 5.69 Å². The molecule has 0 saturated carbocycles. The fraction of sp³-hybridized carbons (Fsp3) is 0.800. The summed E-state index contributed by atoms with van der Waals surface area (Å²) in [6.07, 6.45) is 23.1. The number of aryl methyl sites for hydroxylation is 1. The van der Waals surface area contributed by atoms with E-state index in [1.54, 1.807) is 0 Å². The predicted octanol–water partition coefficient (Wildman–Crippen LogP) is 8.13. The van der Waals surface area contributed by atoms with Gasteiger partial charge < -0.3 is 10.1 Å². The Morgan fingerprint density at radius 3 is 1.46 bits per heavy atom. The first-order valence-corrected chi connectivity index (χ1v) is 12.0. The summed E-state index contributed by atoms with van der Waals surface area (Å²) >= 11 is 0. The minimum Gasteiger partial charge on any atom is -0.477 e. The number of carboxylic acid groups (broad SMARTS) is 1. The standard InChI is InChI=1S/C25H45NO2/c1-4-5-6-7-8-9-10-11-12-13-14-15-16-17-18-19-20-23-21(2)24(25(27)28)26-22(23)3/h26H,4-20H2,1-3H3,(H,27,28). The van der Waals surface area contributed by atoms with Gasteiger partial charge in [0.05, 0.1) is 0 Å². The number of rotatable bonds is 18. The molecule has 0 bridgehead atoms. The van der Waals surface area contributed by atoms with E-state index in [-0.39, 0.29) is 0 Å². The van der Waals surface area contributed by atoms with Crippen molar-refractivity contribution < 1.29 is 9.90 Å². The summed E-state index contributed by atoms with van der Waals surface area (Å²) in [5, 5.41) is 9.18. The monoisotopic (exact) mass is 391 g/mol. The van der Waals surface area contributed by atoms with Crippen LogP contribution >= 0.6 is 0 Å². The molecule has 162 valence electrons. The van der Waals surface area contributed by atoms with Gasteiger partial charge in [-0.25, -0.2) is 4.79 Å². The smallest absolute Gasteiger partial charge is 0.352 e. The van der Waals surface area contributed by atoms with Gasteiger partial charge in [-0.15, -0.1) is 0 Å². The summed E-state index contributed by atoms with van der Waals surface area (Å²) < 4.78 is 0. The third-order valence-electron chi connectivity index (χ3n) is 6.09. The number of hydrogen-bond donors (Lipinski definition) is 2. The third kappa shape index (κ3) is 10.3. The Morgan fingerprint density at radius 1 is 0.714 bits per heavy atom. The second-order valence-corrected chi connectivity index (χ2v) is 8.59. The number of aromatic amines is 1. The Labute approximate surface area is 173 Å². The lowest BCUT2D eigenvalue weighted by Crippen LogP contribution is -1.99. The van der Waals surface area contributed by atoms with E-state index in [4.69, 9.17) is 0 Å². The zero-order valence-electron chi connectivity index (χ0n) is 18.9. The van der Waals surface area contributed by atoms with Gasteiger partial charge in [0.15, 0.2) is 0 Å². The quantitative estimate of drug-likeness (QED) is 0.248. The Bertz CT molecular complexity index is 533. The molecule has 0 spiro atoms. The number of carboxylic acids is 1. The molecule has 1 aromatic heterocycles. The summed E-state index contributed by atoms with van der Waals surface area (Å²) in [6.45, 7) is 6.19. The normalized spacial score (nSPS) is 11.2. The highest BCUT2D eigenvalue weighted by Gasteiger charge is 2.15. The average molecular weight is 392 g/mol. The maximum absolute atomic E-state index is 11.2. The molecule has 3 heteroatoms. The molecule has 1 heterocycles. The third-order valence-corrected chi connectivity index (χ3v) is 6.09. The molecule has 0 radical (unpaired) electrons. The van der Waals surface area contributed by atoms with E-state index < -0.39 is 5.97 Å². The van der Waals surface area contributed by atoms with Crippen LogP contribution in [0.15, 0.2) is 0 Å². The molecule has 0 atom stereocenters. The SMILES string of the molecule is CCCCCCCCCCCCCCCCCCc1c(C)[nH]c(C(=O)O)c1C. The summed E-state index contributed by atoms with van der Waals surface area (Å²) in [4.78, 5) is 14.2. The Balaban J connectivity index is 1.90. The number of H-pyrrole nitrogens is 1. The lowest BCUT2D eigenvalue weighted by Gasteiger charge is -2.04. The molecule has 0 aromatic carbocycles. The molecule has 0 fully saturated rings. The topological polar surface area (TPSA) is 53.1 Å². The number of unbranched alkanes of at least 4 members (excludes halogenated alkanes) is 15. The lowest BCUT2D eigenvalue weighted by molar-refractivity contribution is 0.0690. The number of hydrogen-bond acceptors (Lipinski definition) is 1. The van der Waals surface area contributed by atoms with Crippen molar-refractivity contribution in [2.24, 2.45) is 0 Å². The van der Waals surface area contributed by atoms with Crippen LogP contribution in [-0.4, -0.2) is 16.1 Å². The van der Waals surface area contributed by atoms with Crippen molar-refractivity contribution in [1.82, 2.24) is 4.98 Å². The molecule has 0 aliphatic carbocycles. The highest BCUT2D eigenvalue weighted by Crippen LogP contribution is 2.21. The van der Waals surface area contributed by atoms with Crippen LogP contribution in [0.2, 0.25) is 0 Å². The van der Waals surface area contributed by atoms with Crippen LogP contribution in [0, 0.1) is 13.8 Å². The van der Waals surface area contributed by atoms with Gasteiger partial charge in [0.2, 0.25) is 0 Å². The molecule has 0 aliphatic rings. The first-order valence-electron chi connectivity index (χ1n) is 12.0. The van der Waals surface area contributed by atoms with Gasteiger partial charge in [-0.05, 0) is 37.8 Å². The van der Waals surface area contributed by atoms with Crippen LogP contribution < -0.4 is 0 Å². The van der Waals surface area contributed by atoms with Crippen molar-refractivity contribution in [2.45, 2.75) is 130 Å². The van der Waals surface area contributed by atoms with Gasteiger partial charge in [0.25, 0.3) is 0 Å². The summed E-state index contributed by atoms with van der Waals surface area (Å²) in [5.74, 6) is -0.848. The fourth-order valence-electron chi connectivity index (χ4n) is 4.23. The van der Waals surface area contributed by atoms with Crippen LogP contribution in [-0.2, 0) is 6.42 Å². The van der Waals surface area contributed by atoms with Crippen LogP contribution in [0.1, 0.15) is 137 Å². The zero-order chi connectivity index (χ0) is 20.6. The second kappa shape index (κ2) is 15.6. The largest absolute Gasteiger partial charge is 0.477 e.